The van der Waals surface area contributed by atoms with Crippen LogP contribution in [-0.2, 0) is 33.3 Å². The van der Waals surface area contributed by atoms with E-state index in [4.69, 9.17) is 28.4 Å². The van der Waals surface area contributed by atoms with Crippen molar-refractivity contribution in [2.45, 2.75) is 222 Å². The van der Waals surface area contributed by atoms with Gasteiger partial charge < -0.3 is 89.7 Å². The van der Waals surface area contributed by atoms with Gasteiger partial charge in [0.2, 0.25) is 0 Å². The van der Waals surface area contributed by atoms with Crippen molar-refractivity contribution in [3.8, 4) is 0 Å². The van der Waals surface area contributed by atoms with Gasteiger partial charge in [0.25, 0.3) is 0 Å². The molecule has 0 radical (unpaired) electrons. The topological polar surface area (TPSA) is 328 Å². The summed E-state index contributed by atoms with van der Waals surface area (Å²) in [5.74, 6) is -0.483. The minimum absolute atomic E-state index is 0.0490. The standard InChI is InChI=1S/C48H82O20/c1-43(2,68-61)13-9-14-48(8,67-41-38(60)35(57)32(54)25(20-50)63-41)22-10-16-47(7)30(22)23(52)18-28-45(5)15-12-29(44(3,4)27(45)11-17-46(28,47)6)65-42-39(36(58)33(55)26(21-51)64-42)66-40-37(59)34(56)31(53)24(19-49)62-40/h9,13,22-42,49-61H,10-12,14-21H2,1-8H3/b13-9+/t22-,23+,24+,25+,26+,27?,28+,29-,30-,31+,32+,33+,34-,35-,36-,37+,38+,39+,40-,41-,42-,45-,46+,47+,48-/m0/s1. The molecule has 7 fully saturated rings. The van der Waals surface area contributed by atoms with Gasteiger partial charge in [0.1, 0.15) is 78.8 Å². The highest BCUT2D eigenvalue weighted by Gasteiger charge is 2.72. The van der Waals surface area contributed by atoms with Crippen molar-refractivity contribution < 1.29 is 99.8 Å². The van der Waals surface area contributed by atoms with Crippen molar-refractivity contribution in [3.05, 3.63) is 12.2 Å². The van der Waals surface area contributed by atoms with Crippen LogP contribution in [0, 0.1) is 45.3 Å². The smallest absolute Gasteiger partial charge is 0.187 e. The van der Waals surface area contributed by atoms with E-state index in [9.17, 15) is 66.5 Å². The zero-order valence-corrected chi connectivity index (χ0v) is 40.7. The van der Waals surface area contributed by atoms with Gasteiger partial charge in [-0.1, -0.05) is 46.8 Å². The van der Waals surface area contributed by atoms with Crippen LogP contribution in [0.4, 0.5) is 0 Å². The van der Waals surface area contributed by atoms with E-state index in [2.05, 4.69) is 39.5 Å². The molecule has 3 heterocycles. The van der Waals surface area contributed by atoms with Crippen molar-refractivity contribution in [1.29, 1.82) is 0 Å². The third kappa shape index (κ3) is 9.19. The van der Waals surface area contributed by atoms with Crippen LogP contribution in [0.2, 0.25) is 0 Å². The molecule has 394 valence electrons. The molecule has 0 aromatic heterocycles. The predicted molar refractivity (Wildman–Crippen MR) is 236 cm³/mol. The summed E-state index contributed by atoms with van der Waals surface area (Å²) in [5, 5.41) is 139. The molecule has 4 saturated carbocycles. The Labute approximate surface area is 398 Å². The van der Waals surface area contributed by atoms with Crippen LogP contribution in [0.5, 0.6) is 0 Å². The summed E-state index contributed by atoms with van der Waals surface area (Å²) < 4.78 is 37.1. The van der Waals surface area contributed by atoms with E-state index in [-0.39, 0.29) is 40.9 Å². The first-order chi connectivity index (χ1) is 31.7. The van der Waals surface area contributed by atoms with E-state index in [1.54, 1.807) is 19.9 Å². The van der Waals surface area contributed by atoms with E-state index < -0.39 is 146 Å². The van der Waals surface area contributed by atoms with Crippen LogP contribution in [0.1, 0.15) is 107 Å². The molecule has 1 unspecified atom stereocenters. The first kappa shape index (κ1) is 54.7. The number of fused-ring (bicyclic) bond motifs is 5. The van der Waals surface area contributed by atoms with E-state index in [1.165, 1.54) is 0 Å². The largest absolute Gasteiger partial charge is 0.394 e. The molecule has 0 amide bonds. The average molecular weight is 979 g/mol. The maximum Gasteiger partial charge on any atom is 0.187 e. The third-order valence-corrected chi connectivity index (χ3v) is 18.9. The van der Waals surface area contributed by atoms with Crippen molar-refractivity contribution in [2.24, 2.45) is 45.3 Å². The Morgan fingerprint density at radius 3 is 1.69 bits per heavy atom. The second-order valence-electron chi connectivity index (χ2n) is 23.4. The van der Waals surface area contributed by atoms with E-state index in [1.807, 2.05) is 13.0 Å². The molecule has 13 N–H and O–H groups in total. The number of hydrogen-bond acceptors (Lipinski definition) is 20. The molecule has 0 aromatic rings. The van der Waals surface area contributed by atoms with Gasteiger partial charge >= 0.3 is 0 Å². The van der Waals surface area contributed by atoms with Gasteiger partial charge in [0.05, 0.1) is 37.6 Å². The maximum atomic E-state index is 12.7. The van der Waals surface area contributed by atoms with Crippen molar-refractivity contribution in [3.63, 3.8) is 0 Å². The molecule has 0 bridgehead atoms. The lowest BCUT2D eigenvalue weighted by Gasteiger charge is -2.71. The highest BCUT2D eigenvalue weighted by atomic mass is 17.1. The molecule has 3 aliphatic heterocycles. The van der Waals surface area contributed by atoms with Gasteiger partial charge in [-0.25, -0.2) is 4.89 Å². The lowest BCUT2D eigenvalue weighted by Crippen LogP contribution is -2.68. The molecule has 0 spiro atoms. The van der Waals surface area contributed by atoms with Gasteiger partial charge in [-0.3, -0.25) is 5.26 Å². The summed E-state index contributed by atoms with van der Waals surface area (Å²) in [7, 11) is 0. The highest BCUT2D eigenvalue weighted by molar-refractivity contribution is 5.21. The van der Waals surface area contributed by atoms with E-state index >= 15 is 0 Å². The highest BCUT2D eigenvalue weighted by Crippen LogP contribution is 2.76. The number of ether oxygens (including phenoxy) is 6. The second kappa shape index (κ2) is 20.0. The first-order valence-electron chi connectivity index (χ1n) is 24.6. The summed E-state index contributed by atoms with van der Waals surface area (Å²) in [4.78, 5) is 4.67. The second-order valence-corrected chi connectivity index (χ2v) is 23.4. The quantitative estimate of drug-likeness (QED) is 0.0449. The molecule has 25 atom stereocenters. The fourth-order valence-electron chi connectivity index (χ4n) is 14.8. The fourth-order valence-corrected chi connectivity index (χ4v) is 14.8. The lowest BCUT2D eigenvalue weighted by atomic mass is 9.35. The van der Waals surface area contributed by atoms with Crippen LogP contribution in [-0.4, -0.2) is 202 Å². The van der Waals surface area contributed by atoms with E-state index in [0.29, 0.717) is 25.7 Å². The van der Waals surface area contributed by atoms with Crippen LogP contribution < -0.4 is 0 Å². The summed E-state index contributed by atoms with van der Waals surface area (Å²) >= 11 is 0. The molecule has 4 aliphatic carbocycles. The fraction of sp³-hybridized carbons (Fsp3) is 0.958. The molecule has 0 aromatic carbocycles. The van der Waals surface area contributed by atoms with Gasteiger partial charge in [0.15, 0.2) is 18.9 Å². The molecule has 20 nitrogen and oxygen atoms in total. The lowest BCUT2D eigenvalue weighted by molar-refractivity contribution is -0.378. The van der Waals surface area contributed by atoms with Crippen LogP contribution >= 0.6 is 0 Å². The number of aliphatic hydroxyl groups excluding tert-OH is 12. The first-order valence-corrected chi connectivity index (χ1v) is 24.6. The molecule has 7 rings (SSSR count). The summed E-state index contributed by atoms with van der Waals surface area (Å²) in [6, 6.07) is 0. The molecule has 3 saturated heterocycles. The predicted octanol–water partition coefficient (Wildman–Crippen LogP) is -0.559. The van der Waals surface area contributed by atoms with Crippen LogP contribution in [0.15, 0.2) is 12.2 Å². The maximum absolute atomic E-state index is 12.7. The van der Waals surface area contributed by atoms with Gasteiger partial charge in [-0.05, 0) is 117 Å². The Hall–Kier alpha value is -1.06. The Morgan fingerprint density at radius 1 is 0.588 bits per heavy atom. The summed E-state index contributed by atoms with van der Waals surface area (Å²) in [6.45, 7) is 14.5. The monoisotopic (exact) mass is 979 g/mol. The SMILES string of the molecule is CC(C)(/C=C/C[C@](C)(O[C@@H]1O[C@H](CO)[C@@H](O)[C@H](O)[C@H]1O)[C@H]1CC[C@]2(C)[C@@H]1[C@H](O)C[C@@H]1[C@@]3(C)CC[C@H](O[C@@H]4O[C@H](CO)[C@@H](O)[C@H](O)[C@H]4O[C@@H]4O[C@H](CO)[C@@H](O)[C@H](O)[C@H]4O)C(C)(C)C3CC[C@]12C)OO. The number of rotatable bonds is 14. The van der Waals surface area contributed by atoms with Crippen LogP contribution in [0.3, 0.4) is 0 Å². The van der Waals surface area contributed by atoms with Crippen molar-refractivity contribution >= 4 is 0 Å². The van der Waals surface area contributed by atoms with Gasteiger partial charge in [-0.15, -0.1) is 0 Å². The molecule has 7 aliphatic rings. The van der Waals surface area contributed by atoms with Crippen LogP contribution in [0.25, 0.3) is 0 Å². The zero-order valence-electron chi connectivity index (χ0n) is 40.7. The summed E-state index contributed by atoms with van der Waals surface area (Å²) in [6.07, 6.45) is -16.0. The minimum Gasteiger partial charge on any atom is -0.394 e. The molecular formula is C48H82O20. The molecular weight excluding hydrogens is 897 g/mol. The molecule has 68 heavy (non-hydrogen) atoms. The number of aliphatic hydroxyl groups is 12. The average Bonchev–Trinajstić information content (AvgIpc) is 3.68. The Bertz CT molecular complexity index is 1730. The van der Waals surface area contributed by atoms with E-state index in [0.717, 1.165) is 19.3 Å². The third-order valence-electron chi connectivity index (χ3n) is 18.9. The van der Waals surface area contributed by atoms with Gasteiger partial charge in [0, 0.05) is 0 Å². The normalized spacial score (nSPS) is 51.7. The molecule has 20 heteroatoms. The van der Waals surface area contributed by atoms with Gasteiger partial charge in [-0.2, -0.15) is 0 Å². The number of hydrogen-bond donors (Lipinski definition) is 13. The summed E-state index contributed by atoms with van der Waals surface area (Å²) in [5.41, 5.74) is -3.73. The Morgan fingerprint density at radius 2 is 1.12 bits per heavy atom. The zero-order chi connectivity index (χ0) is 50.3. The minimum atomic E-state index is -1.81. The van der Waals surface area contributed by atoms with Crippen molar-refractivity contribution in [1.82, 2.24) is 0 Å². The Balaban J connectivity index is 1.14. The Kier molecular flexibility index (Phi) is 16.1. The van der Waals surface area contributed by atoms with Crippen molar-refractivity contribution in [2.75, 3.05) is 19.8 Å².